The molecule has 1 aromatic carbocycles. The molecule has 2 aliphatic heterocycles. The second-order valence-corrected chi connectivity index (χ2v) is 11.7. The minimum atomic E-state index is -3.47. The molecule has 0 saturated carbocycles. The van der Waals surface area contributed by atoms with E-state index in [4.69, 9.17) is 4.74 Å². The topological polar surface area (TPSA) is 123 Å². The Hall–Kier alpha value is -2.84. The van der Waals surface area contributed by atoms with Crippen molar-refractivity contribution in [1.82, 2.24) is 14.5 Å². The molecule has 10 nitrogen and oxygen atoms in total. The first-order valence-corrected chi connectivity index (χ1v) is 13.3. The molecule has 1 N–H and O–H groups in total. The summed E-state index contributed by atoms with van der Waals surface area (Å²) < 4.78 is 31.9. The molecular formula is C23H33N5O5S. The maximum absolute atomic E-state index is 13.3. The Morgan fingerprint density at radius 2 is 1.91 bits per heavy atom. The number of benzene rings is 1. The lowest BCUT2D eigenvalue weighted by molar-refractivity contribution is 0.0172. The molecule has 2 fully saturated rings. The Morgan fingerprint density at radius 3 is 2.50 bits per heavy atom. The van der Waals surface area contributed by atoms with E-state index in [1.165, 1.54) is 4.90 Å². The Labute approximate surface area is 201 Å². The fraction of sp³-hybridized carbons (Fsp3) is 0.609. The SMILES string of the molecule is CC(C)(C)OC(=O)N1CCC(CN2CC(NS(C)(=O)=O)CN(c3cccc(C#N)c3)C2=O)CC1. The van der Waals surface area contributed by atoms with Crippen LogP contribution in [0.2, 0.25) is 0 Å². The third-order valence-corrected chi connectivity index (χ3v) is 6.52. The van der Waals surface area contributed by atoms with Crippen LogP contribution >= 0.6 is 0 Å². The lowest BCUT2D eigenvalue weighted by Gasteiger charge is -2.42. The number of nitrogens with one attached hydrogen (secondary N) is 1. The van der Waals surface area contributed by atoms with Crippen LogP contribution in [0.15, 0.2) is 24.3 Å². The molecule has 0 radical (unpaired) electrons. The number of likely N-dealkylation sites (tertiary alicyclic amines) is 1. The number of amides is 3. The molecule has 1 unspecified atom stereocenters. The highest BCUT2D eigenvalue weighted by Gasteiger charge is 2.36. The maximum atomic E-state index is 13.3. The van der Waals surface area contributed by atoms with Gasteiger partial charge >= 0.3 is 12.1 Å². The number of carbonyl (C=O) groups is 2. The van der Waals surface area contributed by atoms with Gasteiger partial charge in [0.1, 0.15) is 5.60 Å². The quantitative estimate of drug-likeness (QED) is 0.675. The first-order valence-electron chi connectivity index (χ1n) is 11.4. The number of anilines is 1. The second kappa shape index (κ2) is 10.2. The molecular weight excluding hydrogens is 458 g/mol. The molecule has 0 bridgehead atoms. The third-order valence-electron chi connectivity index (χ3n) is 5.76. The van der Waals surface area contributed by atoms with E-state index in [2.05, 4.69) is 10.8 Å². The minimum absolute atomic E-state index is 0.173. The summed E-state index contributed by atoms with van der Waals surface area (Å²) in [5, 5.41) is 9.23. The number of hydrogen-bond acceptors (Lipinski definition) is 6. The van der Waals surface area contributed by atoms with Crippen molar-refractivity contribution >= 4 is 27.8 Å². The summed E-state index contributed by atoms with van der Waals surface area (Å²) in [5.74, 6) is 0.173. The number of hydrogen-bond donors (Lipinski definition) is 1. The Morgan fingerprint density at radius 1 is 1.24 bits per heavy atom. The Kier molecular flexibility index (Phi) is 7.73. The zero-order valence-corrected chi connectivity index (χ0v) is 21.0. The molecule has 3 amide bonds. The van der Waals surface area contributed by atoms with Crippen molar-refractivity contribution in [3.63, 3.8) is 0 Å². The maximum Gasteiger partial charge on any atom is 0.410 e. The van der Waals surface area contributed by atoms with Crippen LogP contribution in [0.4, 0.5) is 15.3 Å². The molecule has 34 heavy (non-hydrogen) atoms. The Bertz CT molecular complexity index is 1050. The van der Waals surface area contributed by atoms with E-state index in [0.29, 0.717) is 30.9 Å². The van der Waals surface area contributed by atoms with Gasteiger partial charge in [-0.25, -0.2) is 22.7 Å². The highest BCUT2D eigenvalue weighted by atomic mass is 32.2. The van der Waals surface area contributed by atoms with Gasteiger partial charge < -0.3 is 14.5 Å². The first-order chi connectivity index (χ1) is 15.8. The molecule has 2 aliphatic rings. The lowest BCUT2D eigenvalue weighted by atomic mass is 9.96. The van der Waals surface area contributed by atoms with Gasteiger partial charge in [-0.2, -0.15) is 5.26 Å². The normalized spacial score (nSPS) is 20.3. The smallest absolute Gasteiger partial charge is 0.410 e. The molecule has 0 aromatic heterocycles. The minimum Gasteiger partial charge on any atom is -0.444 e. The van der Waals surface area contributed by atoms with Crippen LogP contribution in [0.5, 0.6) is 0 Å². The van der Waals surface area contributed by atoms with Crippen LogP contribution < -0.4 is 9.62 Å². The van der Waals surface area contributed by atoms with Gasteiger partial charge in [-0.3, -0.25) is 4.90 Å². The summed E-state index contributed by atoms with van der Waals surface area (Å²) >= 11 is 0. The van der Waals surface area contributed by atoms with Gasteiger partial charge in [-0.05, 0) is 57.7 Å². The van der Waals surface area contributed by atoms with Gasteiger partial charge in [0.05, 0.1) is 23.9 Å². The largest absolute Gasteiger partial charge is 0.444 e. The Balaban J connectivity index is 1.70. The number of nitrogens with zero attached hydrogens (tertiary/aromatic N) is 4. The molecule has 11 heteroatoms. The summed E-state index contributed by atoms with van der Waals surface area (Å²) in [6, 6.07) is 8.07. The standard InChI is InChI=1S/C23H33N5O5S/c1-23(2,3)33-22(30)26-10-8-17(9-11-26)14-27-15-19(25-34(4,31)32)16-28(21(27)29)20-7-5-6-18(12-20)13-24/h5-7,12,17,19,25H,8-11,14-16H2,1-4H3. The zero-order chi connectivity index (χ0) is 25.1. The number of sulfonamides is 1. The average molecular weight is 492 g/mol. The first kappa shape index (κ1) is 25.8. The second-order valence-electron chi connectivity index (χ2n) is 9.96. The summed E-state index contributed by atoms with van der Waals surface area (Å²) in [5.41, 5.74) is 0.417. The van der Waals surface area contributed by atoms with Crippen LogP contribution in [0.25, 0.3) is 0 Å². The molecule has 0 spiro atoms. The lowest BCUT2D eigenvalue weighted by Crippen LogP contribution is -2.61. The van der Waals surface area contributed by atoms with Crippen molar-refractivity contribution < 1.29 is 22.7 Å². The van der Waals surface area contributed by atoms with Gasteiger partial charge in [0.2, 0.25) is 10.0 Å². The fourth-order valence-electron chi connectivity index (χ4n) is 4.30. The van der Waals surface area contributed by atoms with E-state index in [-0.39, 0.29) is 31.1 Å². The molecule has 186 valence electrons. The molecule has 1 aromatic rings. The monoisotopic (exact) mass is 491 g/mol. The van der Waals surface area contributed by atoms with E-state index in [1.54, 1.807) is 34.1 Å². The number of urea groups is 1. The van der Waals surface area contributed by atoms with Crippen molar-refractivity contribution in [1.29, 1.82) is 5.26 Å². The molecule has 1 atom stereocenters. The van der Waals surface area contributed by atoms with Crippen LogP contribution in [0.3, 0.4) is 0 Å². The van der Waals surface area contributed by atoms with E-state index in [9.17, 15) is 23.3 Å². The van der Waals surface area contributed by atoms with Crippen LogP contribution in [0.1, 0.15) is 39.2 Å². The van der Waals surface area contributed by atoms with Crippen molar-refractivity contribution in [2.75, 3.05) is 43.9 Å². The van der Waals surface area contributed by atoms with Crippen molar-refractivity contribution in [3.05, 3.63) is 29.8 Å². The van der Waals surface area contributed by atoms with Crippen molar-refractivity contribution in [2.45, 2.75) is 45.3 Å². The highest BCUT2D eigenvalue weighted by molar-refractivity contribution is 7.88. The number of carbonyl (C=O) groups excluding carboxylic acids is 2. The predicted octanol–water partition coefficient (Wildman–Crippen LogP) is 2.37. The van der Waals surface area contributed by atoms with E-state index in [0.717, 1.165) is 19.1 Å². The third kappa shape index (κ3) is 7.08. The van der Waals surface area contributed by atoms with E-state index in [1.807, 2.05) is 20.8 Å². The molecule has 3 rings (SSSR count). The molecule has 2 saturated heterocycles. The van der Waals surface area contributed by atoms with Crippen molar-refractivity contribution in [2.24, 2.45) is 5.92 Å². The van der Waals surface area contributed by atoms with Gasteiger partial charge in [0.15, 0.2) is 0 Å². The van der Waals surface area contributed by atoms with Gasteiger partial charge in [-0.1, -0.05) is 6.07 Å². The summed E-state index contributed by atoms with van der Waals surface area (Å²) in [7, 11) is -3.47. The van der Waals surface area contributed by atoms with Gasteiger partial charge in [-0.15, -0.1) is 0 Å². The van der Waals surface area contributed by atoms with E-state index >= 15 is 0 Å². The van der Waals surface area contributed by atoms with Crippen LogP contribution in [0, 0.1) is 17.2 Å². The van der Waals surface area contributed by atoms with Crippen LogP contribution in [-0.4, -0.2) is 81.0 Å². The van der Waals surface area contributed by atoms with Crippen LogP contribution in [-0.2, 0) is 14.8 Å². The van der Waals surface area contributed by atoms with Gasteiger partial charge in [0, 0.05) is 38.4 Å². The summed E-state index contributed by atoms with van der Waals surface area (Å²) in [4.78, 5) is 30.6. The average Bonchev–Trinajstić information content (AvgIpc) is 2.74. The number of rotatable bonds is 5. The fourth-order valence-corrected chi connectivity index (χ4v) is 5.05. The zero-order valence-electron chi connectivity index (χ0n) is 20.2. The van der Waals surface area contributed by atoms with Gasteiger partial charge in [0.25, 0.3) is 0 Å². The highest BCUT2D eigenvalue weighted by Crippen LogP contribution is 2.25. The predicted molar refractivity (Wildman–Crippen MR) is 128 cm³/mol. The van der Waals surface area contributed by atoms with E-state index < -0.39 is 21.7 Å². The molecule has 2 heterocycles. The summed E-state index contributed by atoms with van der Waals surface area (Å²) in [6.07, 6.45) is 2.20. The van der Waals surface area contributed by atoms with Crippen molar-refractivity contribution in [3.8, 4) is 6.07 Å². The number of nitriles is 1. The molecule has 0 aliphatic carbocycles. The number of ether oxygens (including phenoxy) is 1. The number of piperidine rings is 1. The summed E-state index contributed by atoms with van der Waals surface area (Å²) in [6.45, 7) is 7.47.